The normalized spacial score (nSPS) is 20.0. The largest absolute Gasteiger partial charge is 0.532 e. The summed E-state index contributed by atoms with van der Waals surface area (Å²) in [4.78, 5) is 0. The summed E-state index contributed by atoms with van der Waals surface area (Å²) in [5.41, 5.74) is 3.42. The summed E-state index contributed by atoms with van der Waals surface area (Å²) in [6, 6.07) is 10.3. The number of aryl methyl sites for hydroxylation is 1. The highest BCUT2D eigenvalue weighted by molar-refractivity contribution is 6.60. The molecule has 0 unspecified atom stereocenters. The van der Waals surface area contributed by atoms with Crippen LogP contribution in [0, 0.1) is 6.92 Å². The highest BCUT2D eigenvalue weighted by atomic mass is 16.7. The summed E-state index contributed by atoms with van der Waals surface area (Å²) < 4.78 is 17.7. The second-order valence-corrected chi connectivity index (χ2v) is 6.70. The van der Waals surface area contributed by atoms with Gasteiger partial charge in [-0.25, -0.2) is 0 Å². The molecule has 1 fully saturated rings. The van der Waals surface area contributed by atoms with Crippen LogP contribution in [0.5, 0.6) is 0 Å². The molecule has 4 heteroatoms. The van der Waals surface area contributed by atoms with Crippen LogP contribution in [-0.2, 0) is 9.31 Å². The monoisotopic (exact) mass is 284 g/mol. The maximum absolute atomic E-state index is 6.01. The SMILES string of the molecule is Cc1cccc(-c2coc(B3OC(C)(C)C(C)(C)O3)c2)c1. The van der Waals surface area contributed by atoms with E-state index in [0.29, 0.717) is 5.66 Å². The van der Waals surface area contributed by atoms with Gasteiger partial charge in [0.2, 0.25) is 0 Å². The van der Waals surface area contributed by atoms with Gasteiger partial charge < -0.3 is 13.7 Å². The predicted octanol–water partition coefficient (Wildman–Crippen LogP) is 3.55. The minimum atomic E-state index is -0.450. The lowest BCUT2D eigenvalue weighted by Gasteiger charge is -2.32. The summed E-state index contributed by atoms with van der Waals surface area (Å²) in [6.45, 7) is 10.2. The van der Waals surface area contributed by atoms with Crippen LogP contribution in [0.2, 0.25) is 0 Å². The molecule has 110 valence electrons. The highest BCUT2D eigenvalue weighted by Gasteiger charge is 2.53. The Bertz CT molecular complexity index is 642. The quantitative estimate of drug-likeness (QED) is 0.790. The molecule has 3 rings (SSSR count). The Labute approximate surface area is 126 Å². The molecule has 0 radical (unpaired) electrons. The predicted molar refractivity (Wildman–Crippen MR) is 84.6 cm³/mol. The Balaban J connectivity index is 1.87. The van der Waals surface area contributed by atoms with Gasteiger partial charge in [0.05, 0.1) is 17.5 Å². The highest BCUT2D eigenvalue weighted by Crippen LogP contribution is 2.36. The number of rotatable bonds is 2. The smallest absolute Gasteiger partial charge is 0.472 e. The lowest BCUT2D eigenvalue weighted by Crippen LogP contribution is -2.41. The maximum atomic E-state index is 6.01. The average Bonchev–Trinajstić information content (AvgIpc) is 2.93. The zero-order valence-electron chi connectivity index (χ0n) is 13.3. The Hall–Kier alpha value is -1.52. The number of hydrogen-bond acceptors (Lipinski definition) is 3. The first-order valence-electron chi connectivity index (χ1n) is 7.30. The van der Waals surface area contributed by atoms with Crippen molar-refractivity contribution in [1.82, 2.24) is 0 Å². The van der Waals surface area contributed by atoms with Gasteiger partial charge in [0.25, 0.3) is 0 Å². The van der Waals surface area contributed by atoms with E-state index < -0.39 is 7.12 Å². The fraction of sp³-hybridized carbons (Fsp3) is 0.412. The molecule has 0 saturated carbocycles. The Kier molecular flexibility index (Phi) is 3.26. The van der Waals surface area contributed by atoms with Crippen molar-refractivity contribution in [3.8, 4) is 11.1 Å². The number of hydrogen-bond donors (Lipinski definition) is 0. The summed E-state index contributed by atoms with van der Waals surface area (Å²) in [6.07, 6.45) is 1.76. The van der Waals surface area contributed by atoms with Crippen LogP contribution < -0.4 is 5.66 Å². The first kappa shape index (κ1) is 14.4. The topological polar surface area (TPSA) is 31.6 Å². The van der Waals surface area contributed by atoms with E-state index >= 15 is 0 Å². The van der Waals surface area contributed by atoms with E-state index in [1.165, 1.54) is 5.56 Å². The molecule has 0 bridgehead atoms. The minimum absolute atomic E-state index is 0.353. The van der Waals surface area contributed by atoms with Crippen molar-refractivity contribution in [3.05, 3.63) is 42.2 Å². The van der Waals surface area contributed by atoms with E-state index in [1.54, 1.807) is 6.26 Å². The molecule has 0 N–H and O–H groups in total. The van der Waals surface area contributed by atoms with Gasteiger partial charge in [-0.2, -0.15) is 0 Å². The van der Waals surface area contributed by atoms with Crippen molar-refractivity contribution >= 4 is 12.8 Å². The van der Waals surface area contributed by atoms with Gasteiger partial charge in [-0.3, -0.25) is 0 Å². The van der Waals surface area contributed by atoms with Crippen molar-refractivity contribution in [2.45, 2.75) is 45.8 Å². The van der Waals surface area contributed by atoms with Gasteiger partial charge in [-0.05, 0) is 46.2 Å². The Morgan fingerprint density at radius 3 is 2.19 bits per heavy atom. The number of benzene rings is 1. The molecule has 1 saturated heterocycles. The lowest BCUT2D eigenvalue weighted by molar-refractivity contribution is 0.00578. The van der Waals surface area contributed by atoms with Gasteiger partial charge in [0, 0.05) is 5.56 Å². The second kappa shape index (κ2) is 4.75. The fourth-order valence-electron chi connectivity index (χ4n) is 2.41. The molecule has 1 aliphatic rings. The van der Waals surface area contributed by atoms with Crippen molar-refractivity contribution in [1.29, 1.82) is 0 Å². The maximum Gasteiger partial charge on any atom is 0.532 e. The Morgan fingerprint density at radius 1 is 0.905 bits per heavy atom. The molecule has 0 spiro atoms. The van der Waals surface area contributed by atoms with Gasteiger partial charge in [-0.15, -0.1) is 0 Å². The van der Waals surface area contributed by atoms with Gasteiger partial charge in [0.15, 0.2) is 0 Å². The molecule has 21 heavy (non-hydrogen) atoms. The van der Waals surface area contributed by atoms with E-state index in [2.05, 4.69) is 25.1 Å². The molecule has 1 aromatic carbocycles. The number of furan rings is 1. The van der Waals surface area contributed by atoms with E-state index in [-0.39, 0.29) is 11.2 Å². The molecular weight excluding hydrogens is 263 g/mol. The van der Waals surface area contributed by atoms with E-state index in [9.17, 15) is 0 Å². The van der Waals surface area contributed by atoms with Crippen LogP contribution >= 0.6 is 0 Å². The fourth-order valence-corrected chi connectivity index (χ4v) is 2.41. The third-order valence-electron chi connectivity index (χ3n) is 4.46. The summed E-state index contributed by atoms with van der Waals surface area (Å²) in [5, 5.41) is 0. The zero-order chi connectivity index (χ0) is 15.3. The van der Waals surface area contributed by atoms with Crippen molar-refractivity contribution in [2.24, 2.45) is 0 Å². The van der Waals surface area contributed by atoms with E-state index in [1.807, 2.05) is 39.8 Å². The standard InChI is InChI=1S/C17H21BO3/c1-12-7-6-8-13(9-12)14-10-15(19-11-14)18-20-16(2,3)17(4,5)21-18/h6-11H,1-5H3. The molecule has 3 nitrogen and oxygen atoms in total. The molecule has 1 aliphatic heterocycles. The van der Waals surface area contributed by atoms with Crippen LogP contribution in [0.4, 0.5) is 0 Å². The second-order valence-electron chi connectivity index (χ2n) is 6.70. The third kappa shape index (κ3) is 2.54. The van der Waals surface area contributed by atoms with E-state index in [0.717, 1.165) is 11.1 Å². The lowest BCUT2D eigenvalue weighted by atomic mass is 9.85. The summed E-state index contributed by atoms with van der Waals surface area (Å²) >= 11 is 0. The summed E-state index contributed by atoms with van der Waals surface area (Å²) in [5.74, 6) is 0. The van der Waals surface area contributed by atoms with Gasteiger partial charge in [0.1, 0.15) is 5.66 Å². The zero-order valence-corrected chi connectivity index (χ0v) is 13.3. The first-order valence-corrected chi connectivity index (χ1v) is 7.30. The van der Waals surface area contributed by atoms with Crippen LogP contribution in [0.25, 0.3) is 11.1 Å². The van der Waals surface area contributed by atoms with Crippen molar-refractivity contribution in [3.63, 3.8) is 0 Å². The molecule has 1 aromatic heterocycles. The molecule has 0 aliphatic carbocycles. The van der Waals surface area contributed by atoms with Crippen LogP contribution in [0.1, 0.15) is 33.3 Å². The van der Waals surface area contributed by atoms with E-state index in [4.69, 9.17) is 13.7 Å². The van der Waals surface area contributed by atoms with Gasteiger partial charge >= 0.3 is 7.12 Å². The molecular formula is C17H21BO3. The Morgan fingerprint density at radius 2 is 1.57 bits per heavy atom. The van der Waals surface area contributed by atoms with Crippen LogP contribution in [0.3, 0.4) is 0 Å². The minimum Gasteiger partial charge on any atom is -0.472 e. The van der Waals surface area contributed by atoms with Crippen molar-refractivity contribution < 1.29 is 13.7 Å². The average molecular weight is 284 g/mol. The molecule has 2 heterocycles. The van der Waals surface area contributed by atoms with Crippen LogP contribution in [0.15, 0.2) is 41.0 Å². The molecule has 2 aromatic rings. The third-order valence-corrected chi connectivity index (χ3v) is 4.46. The van der Waals surface area contributed by atoms with Gasteiger partial charge in [-0.1, -0.05) is 29.8 Å². The van der Waals surface area contributed by atoms with Crippen LogP contribution in [-0.4, -0.2) is 18.3 Å². The van der Waals surface area contributed by atoms with Crippen molar-refractivity contribution in [2.75, 3.05) is 0 Å². The molecule has 0 atom stereocenters. The molecule has 0 amide bonds. The summed E-state index contributed by atoms with van der Waals surface area (Å²) in [7, 11) is -0.450. The first-order chi connectivity index (χ1) is 9.78.